The lowest BCUT2D eigenvalue weighted by Crippen LogP contribution is -2.20. The van der Waals surface area contributed by atoms with Crippen molar-refractivity contribution in [1.29, 1.82) is 0 Å². The summed E-state index contributed by atoms with van der Waals surface area (Å²) in [5.41, 5.74) is 5.79. The van der Waals surface area contributed by atoms with Crippen molar-refractivity contribution in [3.8, 4) is 11.5 Å². The third-order valence-electron chi connectivity index (χ3n) is 6.98. The Balaban J connectivity index is 1.58. The third-order valence-corrected chi connectivity index (χ3v) is 6.98. The molecule has 4 rings (SSSR count). The molecule has 0 saturated heterocycles. The zero-order valence-corrected chi connectivity index (χ0v) is 21.7. The fraction of sp³-hybridized carbons (Fsp3) is 0.212. The topological polar surface area (TPSA) is 74.6 Å². The largest absolute Gasteiger partial charge is 0.508 e. The number of carbonyl (C=O) groups is 2. The van der Waals surface area contributed by atoms with E-state index in [9.17, 15) is 19.8 Å². The molecule has 0 aromatic heterocycles. The molecular formula is C33H32O4. The number of aromatic hydroxyl groups is 2. The SMILES string of the molecule is Cc1ccc(O)c(CC(=O)c2cccc(C(C)(C)c3cccc(C(=O)Cc4cc(C)ccc4O)c3)c2)c1. The highest BCUT2D eigenvalue weighted by Gasteiger charge is 2.25. The standard InChI is InChI=1S/C33H32O4/c1-21-11-13-29(34)25(15-21)19-31(36)23-7-5-9-27(17-23)33(3,4)28-10-6-8-24(18-28)32(37)20-26-16-22(2)12-14-30(26)35/h5-18,34-35H,19-20H2,1-4H3. The Kier molecular flexibility index (Phi) is 7.30. The molecule has 0 unspecified atom stereocenters. The molecule has 37 heavy (non-hydrogen) atoms. The summed E-state index contributed by atoms with van der Waals surface area (Å²) < 4.78 is 0. The fourth-order valence-electron chi connectivity index (χ4n) is 4.59. The van der Waals surface area contributed by atoms with E-state index in [1.807, 2.05) is 74.5 Å². The zero-order valence-electron chi connectivity index (χ0n) is 21.7. The number of benzene rings is 4. The van der Waals surface area contributed by atoms with Crippen molar-refractivity contribution in [2.45, 2.75) is 46.0 Å². The van der Waals surface area contributed by atoms with Crippen LogP contribution in [0.15, 0.2) is 84.9 Å². The molecule has 0 fully saturated rings. The van der Waals surface area contributed by atoms with Crippen molar-refractivity contribution < 1.29 is 19.8 Å². The lowest BCUT2D eigenvalue weighted by atomic mass is 9.76. The van der Waals surface area contributed by atoms with Gasteiger partial charge >= 0.3 is 0 Å². The Morgan fingerprint density at radius 1 is 0.622 bits per heavy atom. The number of hydrogen-bond acceptors (Lipinski definition) is 4. The minimum atomic E-state index is -0.469. The molecular weight excluding hydrogens is 460 g/mol. The van der Waals surface area contributed by atoms with Gasteiger partial charge in [0.05, 0.1) is 0 Å². The number of rotatable bonds is 8. The molecule has 188 valence electrons. The first-order valence-corrected chi connectivity index (χ1v) is 12.4. The van der Waals surface area contributed by atoms with Gasteiger partial charge in [-0.3, -0.25) is 9.59 Å². The molecule has 0 aliphatic carbocycles. The lowest BCUT2D eigenvalue weighted by Gasteiger charge is -2.27. The van der Waals surface area contributed by atoms with Gasteiger partial charge in [0.15, 0.2) is 11.6 Å². The van der Waals surface area contributed by atoms with Gasteiger partial charge < -0.3 is 10.2 Å². The van der Waals surface area contributed by atoms with Gasteiger partial charge in [-0.15, -0.1) is 0 Å². The van der Waals surface area contributed by atoms with Crippen molar-refractivity contribution >= 4 is 11.6 Å². The molecule has 4 heteroatoms. The quantitative estimate of drug-likeness (QED) is 0.263. The van der Waals surface area contributed by atoms with Crippen molar-refractivity contribution in [2.24, 2.45) is 0 Å². The second-order valence-corrected chi connectivity index (χ2v) is 10.3. The van der Waals surface area contributed by atoms with E-state index in [4.69, 9.17) is 0 Å². The van der Waals surface area contributed by atoms with Gasteiger partial charge in [-0.05, 0) is 49.2 Å². The van der Waals surface area contributed by atoms with Crippen LogP contribution >= 0.6 is 0 Å². The van der Waals surface area contributed by atoms with Crippen LogP contribution in [0, 0.1) is 13.8 Å². The smallest absolute Gasteiger partial charge is 0.167 e. The molecule has 0 atom stereocenters. The molecule has 0 spiro atoms. The molecule has 0 aliphatic heterocycles. The van der Waals surface area contributed by atoms with Crippen LogP contribution < -0.4 is 0 Å². The van der Waals surface area contributed by atoms with Crippen LogP contribution in [0.25, 0.3) is 0 Å². The van der Waals surface area contributed by atoms with Crippen molar-refractivity contribution in [3.05, 3.63) is 129 Å². The van der Waals surface area contributed by atoms with E-state index in [1.54, 1.807) is 24.3 Å². The highest BCUT2D eigenvalue weighted by atomic mass is 16.3. The highest BCUT2D eigenvalue weighted by molar-refractivity contribution is 5.99. The Morgan fingerprint density at radius 2 is 1.03 bits per heavy atom. The molecule has 0 aliphatic rings. The number of phenolic OH excluding ortho intramolecular Hbond substituents is 2. The number of hydrogen-bond donors (Lipinski definition) is 2. The minimum Gasteiger partial charge on any atom is -0.508 e. The van der Waals surface area contributed by atoms with E-state index >= 15 is 0 Å². The average molecular weight is 493 g/mol. The summed E-state index contributed by atoms with van der Waals surface area (Å²) in [6, 6.07) is 25.6. The first-order valence-electron chi connectivity index (χ1n) is 12.4. The van der Waals surface area contributed by atoms with Crippen LogP contribution in [0.2, 0.25) is 0 Å². The van der Waals surface area contributed by atoms with E-state index in [-0.39, 0.29) is 35.9 Å². The summed E-state index contributed by atoms with van der Waals surface area (Å²) >= 11 is 0. The van der Waals surface area contributed by atoms with Crippen molar-refractivity contribution in [1.82, 2.24) is 0 Å². The van der Waals surface area contributed by atoms with Gasteiger partial charge in [-0.2, -0.15) is 0 Å². The minimum absolute atomic E-state index is 0.0690. The number of carbonyl (C=O) groups excluding carboxylic acids is 2. The lowest BCUT2D eigenvalue weighted by molar-refractivity contribution is 0.0984. The van der Waals surface area contributed by atoms with E-state index < -0.39 is 5.41 Å². The summed E-state index contributed by atoms with van der Waals surface area (Å²) in [5.74, 6) is 0.104. The molecule has 4 nitrogen and oxygen atoms in total. The fourth-order valence-corrected chi connectivity index (χ4v) is 4.59. The average Bonchev–Trinajstić information content (AvgIpc) is 2.88. The predicted molar refractivity (Wildman–Crippen MR) is 147 cm³/mol. The van der Waals surface area contributed by atoms with Gasteiger partial charge in [0.2, 0.25) is 0 Å². The molecule has 0 heterocycles. The molecule has 0 radical (unpaired) electrons. The molecule has 0 bridgehead atoms. The molecule has 2 N–H and O–H groups in total. The van der Waals surface area contributed by atoms with Crippen LogP contribution in [-0.2, 0) is 18.3 Å². The van der Waals surface area contributed by atoms with Crippen LogP contribution in [0.3, 0.4) is 0 Å². The molecule has 0 amide bonds. The second kappa shape index (κ2) is 10.4. The summed E-state index contributed by atoms with van der Waals surface area (Å²) in [6.07, 6.45) is 0.236. The Morgan fingerprint density at radius 3 is 1.43 bits per heavy atom. The maximum atomic E-state index is 13.1. The highest BCUT2D eigenvalue weighted by Crippen LogP contribution is 2.33. The van der Waals surface area contributed by atoms with Gasteiger partial charge in [0.25, 0.3) is 0 Å². The number of ketones is 2. The van der Waals surface area contributed by atoms with Crippen molar-refractivity contribution in [3.63, 3.8) is 0 Å². The molecule has 4 aromatic rings. The van der Waals surface area contributed by atoms with Gasteiger partial charge in [0, 0.05) is 40.5 Å². The van der Waals surface area contributed by atoms with Crippen LogP contribution in [0.1, 0.15) is 67.9 Å². The summed E-state index contributed by atoms with van der Waals surface area (Å²) in [6.45, 7) is 8.00. The van der Waals surface area contributed by atoms with Gasteiger partial charge in [0.1, 0.15) is 11.5 Å². The van der Waals surface area contributed by atoms with Gasteiger partial charge in [-0.1, -0.05) is 85.6 Å². The Bertz CT molecular complexity index is 1370. The number of Topliss-reactive ketones (excluding diaryl/α,β-unsaturated/α-hetero) is 2. The van der Waals surface area contributed by atoms with Crippen LogP contribution in [0.4, 0.5) is 0 Å². The van der Waals surface area contributed by atoms with E-state index in [0.717, 1.165) is 22.3 Å². The second-order valence-electron chi connectivity index (χ2n) is 10.3. The maximum absolute atomic E-state index is 13.1. The number of phenols is 2. The Hall–Kier alpha value is -4.18. The summed E-state index contributed by atoms with van der Waals surface area (Å²) in [5, 5.41) is 20.3. The van der Waals surface area contributed by atoms with Crippen LogP contribution in [0.5, 0.6) is 11.5 Å². The predicted octanol–water partition coefficient (Wildman–Crippen LogP) is 6.89. The van der Waals surface area contributed by atoms with E-state index in [0.29, 0.717) is 22.3 Å². The monoisotopic (exact) mass is 492 g/mol. The van der Waals surface area contributed by atoms with Gasteiger partial charge in [-0.25, -0.2) is 0 Å². The zero-order chi connectivity index (χ0) is 26.7. The summed E-state index contributed by atoms with van der Waals surface area (Å²) in [7, 11) is 0. The number of aryl methyl sites for hydroxylation is 2. The Labute approximate surface area is 218 Å². The first kappa shape index (κ1) is 25.9. The molecule has 0 saturated carbocycles. The maximum Gasteiger partial charge on any atom is 0.167 e. The normalized spacial score (nSPS) is 11.4. The van der Waals surface area contributed by atoms with Crippen molar-refractivity contribution in [2.75, 3.05) is 0 Å². The summed E-state index contributed by atoms with van der Waals surface area (Å²) in [4.78, 5) is 26.2. The van der Waals surface area contributed by atoms with Crippen LogP contribution in [-0.4, -0.2) is 21.8 Å². The molecule has 4 aromatic carbocycles. The third kappa shape index (κ3) is 5.80. The van der Waals surface area contributed by atoms with E-state index in [1.165, 1.54) is 0 Å². The van der Waals surface area contributed by atoms with E-state index in [2.05, 4.69) is 13.8 Å². The first-order chi connectivity index (χ1) is 17.5.